The standard InChI is InChI=1S/C28H31N7O6/c1-28(2,3)25-20(29-16-30-25)13-22-27(32-21(26(39)31-22)12-18-8-5-4-6-9-18)41-17-40-24(38)11-7-10-19-14-35(34-33-19)15-23(36)37/h4-6,8-9,12-14,16H,7,10-11,15,17H2,1-3H3,(H,29,30)(H,31,39)(H,36,37)/b21-12-,22-13-. The summed E-state index contributed by atoms with van der Waals surface area (Å²) in [5, 5.41) is 16.9. The van der Waals surface area contributed by atoms with Crippen molar-refractivity contribution in [2.75, 3.05) is 6.79 Å². The summed E-state index contributed by atoms with van der Waals surface area (Å²) in [4.78, 5) is 50.7. The average molecular weight is 562 g/mol. The maximum absolute atomic E-state index is 12.9. The molecule has 0 saturated carbocycles. The molecular weight excluding hydrogens is 530 g/mol. The van der Waals surface area contributed by atoms with Gasteiger partial charge in [0, 0.05) is 23.7 Å². The number of hydrogen-bond donors (Lipinski definition) is 3. The number of esters is 1. The third-order valence-corrected chi connectivity index (χ3v) is 5.85. The second kappa shape index (κ2) is 12.9. The van der Waals surface area contributed by atoms with Crippen LogP contribution in [0.25, 0.3) is 12.2 Å². The molecule has 41 heavy (non-hydrogen) atoms. The van der Waals surface area contributed by atoms with Crippen LogP contribution in [-0.4, -0.2) is 58.8 Å². The zero-order valence-corrected chi connectivity index (χ0v) is 23.0. The van der Waals surface area contributed by atoms with Crippen LogP contribution in [-0.2, 0) is 32.7 Å². The SMILES string of the molecule is CC(C)(C)c1[nH]cnc1/C=c1\[nH]c(=O)/c(=C/c2ccccc2)nc1OCOC(=O)CCCc1cn(CC(=O)O)nn1. The molecule has 0 spiro atoms. The van der Waals surface area contributed by atoms with E-state index in [1.807, 2.05) is 51.1 Å². The van der Waals surface area contributed by atoms with E-state index >= 15 is 0 Å². The molecule has 4 aromatic rings. The summed E-state index contributed by atoms with van der Waals surface area (Å²) in [6.07, 6.45) is 7.32. The van der Waals surface area contributed by atoms with Crippen LogP contribution in [0.5, 0.6) is 5.88 Å². The number of benzene rings is 1. The smallest absolute Gasteiger partial charge is 0.325 e. The number of aliphatic carboxylic acids is 1. The Kier molecular flexibility index (Phi) is 9.07. The van der Waals surface area contributed by atoms with E-state index in [1.54, 1.807) is 18.5 Å². The highest BCUT2D eigenvalue weighted by Crippen LogP contribution is 2.23. The summed E-state index contributed by atoms with van der Waals surface area (Å²) in [7, 11) is 0. The molecule has 0 fully saturated rings. The maximum Gasteiger partial charge on any atom is 0.325 e. The van der Waals surface area contributed by atoms with E-state index in [1.165, 1.54) is 10.9 Å². The molecule has 3 heterocycles. The van der Waals surface area contributed by atoms with E-state index in [4.69, 9.17) is 14.6 Å². The van der Waals surface area contributed by atoms with Crippen molar-refractivity contribution in [3.63, 3.8) is 0 Å². The molecule has 13 heteroatoms. The van der Waals surface area contributed by atoms with Crippen molar-refractivity contribution >= 4 is 24.1 Å². The molecule has 4 rings (SSSR count). The van der Waals surface area contributed by atoms with E-state index in [0.717, 1.165) is 11.3 Å². The number of carbonyl (C=O) groups excluding carboxylic acids is 1. The number of ether oxygens (including phenoxy) is 2. The lowest BCUT2D eigenvalue weighted by molar-refractivity contribution is -0.150. The number of aromatic nitrogens is 7. The van der Waals surface area contributed by atoms with Crippen molar-refractivity contribution in [2.24, 2.45) is 0 Å². The van der Waals surface area contributed by atoms with Crippen LogP contribution < -0.4 is 21.0 Å². The summed E-state index contributed by atoms with van der Waals surface area (Å²) in [5.41, 5.74) is 2.17. The quantitative estimate of drug-likeness (QED) is 0.177. The van der Waals surface area contributed by atoms with Gasteiger partial charge < -0.3 is 24.5 Å². The third kappa shape index (κ3) is 8.21. The molecule has 0 bridgehead atoms. The highest BCUT2D eigenvalue weighted by atomic mass is 16.7. The van der Waals surface area contributed by atoms with E-state index < -0.39 is 24.3 Å². The Labute approximate surface area is 234 Å². The van der Waals surface area contributed by atoms with Crippen molar-refractivity contribution < 1.29 is 24.2 Å². The summed E-state index contributed by atoms with van der Waals surface area (Å²) >= 11 is 0. The highest BCUT2D eigenvalue weighted by molar-refractivity contribution is 5.69. The minimum Gasteiger partial charge on any atom is -0.480 e. The van der Waals surface area contributed by atoms with Crippen LogP contribution in [0.4, 0.5) is 0 Å². The first-order valence-electron chi connectivity index (χ1n) is 12.9. The fourth-order valence-corrected chi connectivity index (χ4v) is 3.93. The van der Waals surface area contributed by atoms with Crippen molar-refractivity contribution in [3.8, 4) is 5.88 Å². The Balaban J connectivity index is 1.48. The minimum absolute atomic E-state index is 0.0671. The Hall–Kier alpha value is -5.07. The van der Waals surface area contributed by atoms with Crippen LogP contribution >= 0.6 is 0 Å². The number of rotatable bonds is 11. The Morgan fingerprint density at radius 3 is 2.66 bits per heavy atom. The lowest BCUT2D eigenvalue weighted by Crippen LogP contribution is -2.38. The molecule has 0 aliphatic rings. The monoisotopic (exact) mass is 561 g/mol. The van der Waals surface area contributed by atoms with Gasteiger partial charge in [-0.3, -0.25) is 14.4 Å². The number of hydrogen-bond acceptors (Lipinski definition) is 9. The van der Waals surface area contributed by atoms with Gasteiger partial charge >= 0.3 is 11.9 Å². The van der Waals surface area contributed by atoms with Crippen LogP contribution in [0.1, 0.15) is 56.3 Å². The average Bonchev–Trinajstić information content (AvgIpc) is 3.56. The van der Waals surface area contributed by atoms with Gasteiger partial charge in [-0.25, -0.2) is 14.6 Å². The largest absolute Gasteiger partial charge is 0.480 e. The van der Waals surface area contributed by atoms with Gasteiger partial charge in [-0.2, -0.15) is 0 Å². The predicted octanol–water partition coefficient (Wildman–Crippen LogP) is 1.03. The topological polar surface area (TPSA) is 178 Å². The summed E-state index contributed by atoms with van der Waals surface area (Å²) in [5.74, 6) is -1.46. The summed E-state index contributed by atoms with van der Waals surface area (Å²) in [6, 6.07) is 9.26. The lowest BCUT2D eigenvalue weighted by atomic mass is 9.90. The van der Waals surface area contributed by atoms with Crippen LogP contribution in [0.3, 0.4) is 0 Å². The van der Waals surface area contributed by atoms with Gasteiger partial charge in [0.05, 0.1) is 17.7 Å². The summed E-state index contributed by atoms with van der Waals surface area (Å²) in [6.45, 7) is 5.39. The van der Waals surface area contributed by atoms with Crippen LogP contribution in [0.2, 0.25) is 0 Å². The number of imidazole rings is 1. The van der Waals surface area contributed by atoms with Gasteiger partial charge in [0.1, 0.15) is 17.2 Å². The molecule has 0 aliphatic carbocycles. The van der Waals surface area contributed by atoms with Crippen molar-refractivity contribution in [3.05, 3.63) is 86.6 Å². The number of nitrogens with one attached hydrogen (secondary N) is 2. The van der Waals surface area contributed by atoms with Crippen LogP contribution in [0, 0.1) is 0 Å². The first kappa shape index (κ1) is 28.9. The maximum atomic E-state index is 12.9. The number of carboxylic acids is 1. The van der Waals surface area contributed by atoms with E-state index in [-0.39, 0.29) is 35.0 Å². The fourth-order valence-electron chi connectivity index (χ4n) is 3.93. The molecule has 0 radical (unpaired) electrons. The molecule has 1 aromatic carbocycles. The van der Waals surface area contributed by atoms with E-state index in [2.05, 4.69) is 30.2 Å². The van der Waals surface area contributed by atoms with Gasteiger partial charge in [-0.15, -0.1) is 5.10 Å². The zero-order chi connectivity index (χ0) is 29.4. The predicted molar refractivity (Wildman–Crippen MR) is 147 cm³/mol. The third-order valence-electron chi connectivity index (χ3n) is 5.85. The molecule has 3 aromatic heterocycles. The normalized spacial score (nSPS) is 12.5. The molecule has 0 unspecified atom stereocenters. The van der Waals surface area contributed by atoms with Crippen LogP contribution in [0.15, 0.2) is 47.7 Å². The summed E-state index contributed by atoms with van der Waals surface area (Å²) < 4.78 is 12.2. The number of carbonyl (C=O) groups is 2. The molecule has 13 nitrogen and oxygen atoms in total. The number of carboxylic acid groups (broad SMARTS) is 1. The van der Waals surface area contributed by atoms with Gasteiger partial charge in [0.25, 0.3) is 5.56 Å². The van der Waals surface area contributed by atoms with Gasteiger partial charge in [-0.05, 0) is 30.6 Å². The second-order valence-electron chi connectivity index (χ2n) is 10.2. The fraction of sp³-hybridized carbons (Fsp3) is 0.321. The minimum atomic E-state index is -1.02. The number of H-pyrrole nitrogens is 2. The first-order valence-corrected chi connectivity index (χ1v) is 12.9. The van der Waals surface area contributed by atoms with Gasteiger partial charge in [-0.1, -0.05) is 56.3 Å². The molecule has 3 N–H and O–H groups in total. The number of aromatic amines is 2. The van der Waals surface area contributed by atoms with E-state index in [9.17, 15) is 14.4 Å². The van der Waals surface area contributed by atoms with E-state index in [0.29, 0.717) is 24.2 Å². The van der Waals surface area contributed by atoms with Crippen molar-refractivity contribution in [1.82, 2.24) is 34.9 Å². The molecule has 0 amide bonds. The Morgan fingerprint density at radius 1 is 1.15 bits per heavy atom. The molecule has 0 aliphatic heterocycles. The number of nitrogens with zero attached hydrogens (tertiary/aromatic N) is 5. The van der Waals surface area contributed by atoms with Gasteiger partial charge in [0.2, 0.25) is 12.7 Å². The molecule has 0 atom stereocenters. The zero-order valence-electron chi connectivity index (χ0n) is 23.0. The van der Waals surface area contributed by atoms with Gasteiger partial charge in [0.15, 0.2) is 0 Å². The van der Waals surface area contributed by atoms with Crippen molar-refractivity contribution in [1.29, 1.82) is 0 Å². The Bertz CT molecular complexity index is 1680. The molecule has 214 valence electrons. The first-order chi connectivity index (χ1) is 19.6. The highest BCUT2D eigenvalue weighted by Gasteiger charge is 2.19. The molecular formula is C28H31N7O6. The number of aryl methyl sites for hydroxylation is 1. The Morgan fingerprint density at radius 2 is 1.93 bits per heavy atom. The lowest BCUT2D eigenvalue weighted by Gasteiger charge is -2.17. The molecule has 0 saturated heterocycles. The second-order valence-corrected chi connectivity index (χ2v) is 10.2. The van der Waals surface area contributed by atoms with Crippen molar-refractivity contribution in [2.45, 2.75) is 52.0 Å².